The number of aromatic nitrogens is 2. The van der Waals surface area contributed by atoms with Crippen LogP contribution >= 0.6 is 23.1 Å². The molecule has 2 rings (SSSR count). The second-order valence-corrected chi connectivity index (χ2v) is 7.25. The maximum atomic E-state index is 12.3. The van der Waals surface area contributed by atoms with E-state index in [-0.39, 0.29) is 11.6 Å². The summed E-state index contributed by atoms with van der Waals surface area (Å²) in [6, 6.07) is 0.162. The number of nitrogens with one attached hydrogen (secondary N) is 1. The lowest BCUT2D eigenvalue weighted by Crippen LogP contribution is -2.14. The third kappa shape index (κ3) is 3.96. The Morgan fingerprint density at radius 1 is 1.54 bits per heavy atom. The van der Waals surface area contributed by atoms with Crippen LogP contribution in [0.2, 0.25) is 0 Å². The molecule has 9 heteroatoms. The number of ether oxygens (including phenoxy) is 1. The lowest BCUT2D eigenvalue weighted by molar-refractivity contribution is 0.0605. The molecule has 0 aromatic carbocycles. The number of rotatable bonds is 5. The minimum atomic E-state index is -0.462. The molecule has 0 amide bonds. The van der Waals surface area contributed by atoms with E-state index in [4.69, 9.17) is 10.5 Å². The van der Waals surface area contributed by atoms with Gasteiger partial charge in [-0.15, -0.1) is 11.3 Å². The topological polar surface area (TPSA) is 110 Å². The minimum absolute atomic E-state index is 0.162. The van der Waals surface area contributed by atoms with Gasteiger partial charge in [0.2, 0.25) is 0 Å². The van der Waals surface area contributed by atoms with Gasteiger partial charge in [0.1, 0.15) is 15.5 Å². The standard InChI is InChI=1S/C15H20N4O3S2/c1-5-7(2)17-15(16)23-6-9-18-12(20)10-8(3)11(14(21)22-4)24-13(10)19-9/h7H,5-6H2,1-4H3,(H2,16,17)(H,18,19,20)/t7-/m1/s1. The van der Waals surface area contributed by atoms with Gasteiger partial charge in [-0.3, -0.25) is 9.79 Å². The Morgan fingerprint density at radius 2 is 2.25 bits per heavy atom. The summed E-state index contributed by atoms with van der Waals surface area (Å²) in [4.78, 5) is 36.5. The molecule has 0 saturated carbocycles. The van der Waals surface area contributed by atoms with Gasteiger partial charge in [-0.1, -0.05) is 18.7 Å². The fourth-order valence-corrected chi connectivity index (χ4v) is 3.83. The van der Waals surface area contributed by atoms with E-state index in [2.05, 4.69) is 15.0 Å². The van der Waals surface area contributed by atoms with Crippen molar-refractivity contribution in [2.45, 2.75) is 39.0 Å². The van der Waals surface area contributed by atoms with Crippen molar-refractivity contribution in [1.29, 1.82) is 0 Å². The number of carbonyl (C=O) groups is 1. The summed E-state index contributed by atoms with van der Waals surface area (Å²) in [7, 11) is 1.31. The number of fused-ring (bicyclic) bond motifs is 1. The number of H-pyrrole nitrogens is 1. The largest absolute Gasteiger partial charge is 0.465 e. The van der Waals surface area contributed by atoms with E-state index in [1.165, 1.54) is 18.9 Å². The molecule has 0 fully saturated rings. The van der Waals surface area contributed by atoms with Crippen LogP contribution in [0.15, 0.2) is 9.79 Å². The van der Waals surface area contributed by atoms with Crippen molar-refractivity contribution >= 4 is 44.5 Å². The van der Waals surface area contributed by atoms with Crippen LogP contribution in [0.25, 0.3) is 10.2 Å². The number of amidine groups is 1. The fraction of sp³-hybridized carbons (Fsp3) is 0.467. The zero-order chi connectivity index (χ0) is 17.9. The Bertz CT molecular complexity index is 841. The average molecular weight is 368 g/mol. The average Bonchev–Trinajstić information content (AvgIpc) is 2.89. The lowest BCUT2D eigenvalue weighted by atomic mass is 10.2. The summed E-state index contributed by atoms with van der Waals surface area (Å²) in [5, 5.41) is 0.889. The Morgan fingerprint density at radius 3 is 2.88 bits per heavy atom. The van der Waals surface area contributed by atoms with Crippen LogP contribution in [-0.4, -0.2) is 34.3 Å². The SMILES string of the molecule is CC[C@@H](C)N=C(N)SCc1nc2sc(C(=O)OC)c(C)c2c(=O)[nH]1. The van der Waals surface area contributed by atoms with Crippen molar-refractivity contribution in [2.24, 2.45) is 10.7 Å². The molecule has 0 spiro atoms. The van der Waals surface area contributed by atoms with E-state index in [0.717, 1.165) is 17.8 Å². The van der Waals surface area contributed by atoms with E-state index < -0.39 is 5.97 Å². The Hall–Kier alpha value is -1.87. The van der Waals surface area contributed by atoms with Crippen molar-refractivity contribution in [3.05, 3.63) is 26.6 Å². The molecule has 2 aromatic rings. The van der Waals surface area contributed by atoms with Crippen LogP contribution in [0.4, 0.5) is 0 Å². The molecule has 0 unspecified atom stereocenters. The maximum Gasteiger partial charge on any atom is 0.348 e. The van der Waals surface area contributed by atoms with Crippen LogP contribution in [0, 0.1) is 6.92 Å². The molecule has 0 aliphatic carbocycles. The van der Waals surface area contributed by atoms with E-state index in [9.17, 15) is 9.59 Å². The molecular weight excluding hydrogens is 348 g/mol. The van der Waals surface area contributed by atoms with Gasteiger partial charge in [-0.2, -0.15) is 0 Å². The molecule has 0 bridgehead atoms. The number of hydrogen-bond acceptors (Lipinski definition) is 7. The van der Waals surface area contributed by atoms with Crippen molar-refractivity contribution in [1.82, 2.24) is 9.97 Å². The third-order valence-corrected chi connectivity index (χ3v) is 5.50. The molecule has 0 aliphatic rings. The molecule has 130 valence electrons. The van der Waals surface area contributed by atoms with Crippen molar-refractivity contribution in [2.75, 3.05) is 7.11 Å². The smallest absolute Gasteiger partial charge is 0.348 e. The van der Waals surface area contributed by atoms with Crippen LogP contribution in [-0.2, 0) is 10.5 Å². The van der Waals surface area contributed by atoms with E-state index in [1.807, 2.05) is 13.8 Å². The van der Waals surface area contributed by atoms with E-state index in [0.29, 0.717) is 37.4 Å². The highest BCUT2D eigenvalue weighted by molar-refractivity contribution is 8.13. The minimum Gasteiger partial charge on any atom is -0.465 e. The predicted octanol–water partition coefficient (Wildman–Crippen LogP) is 2.43. The predicted molar refractivity (Wildman–Crippen MR) is 99.0 cm³/mol. The van der Waals surface area contributed by atoms with Gasteiger partial charge in [0.15, 0.2) is 5.17 Å². The Kier molecular flexibility index (Phi) is 6.00. The van der Waals surface area contributed by atoms with Gasteiger partial charge in [-0.25, -0.2) is 9.78 Å². The van der Waals surface area contributed by atoms with Gasteiger partial charge in [0.25, 0.3) is 5.56 Å². The number of methoxy groups -OCH3 is 1. The van der Waals surface area contributed by atoms with Gasteiger partial charge in [-0.05, 0) is 25.8 Å². The van der Waals surface area contributed by atoms with Crippen LogP contribution in [0.5, 0.6) is 0 Å². The van der Waals surface area contributed by atoms with Crippen molar-refractivity contribution in [3.63, 3.8) is 0 Å². The van der Waals surface area contributed by atoms with Gasteiger partial charge < -0.3 is 15.5 Å². The molecule has 0 aliphatic heterocycles. The Balaban J connectivity index is 2.29. The molecular formula is C15H20N4O3S2. The maximum absolute atomic E-state index is 12.3. The van der Waals surface area contributed by atoms with Crippen molar-refractivity contribution in [3.8, 4) is 0 Å². The second-order valence-electron chi connectivity index (χ2n) is 5.25. The summed E-state index contributed by atoms with van der Waals surface area (Å²) in [6.07, 6.45) is 0.910. The monoisotopic (exact) mass is 368 g/mol. The number of esters is 1. The summed E-state index contributed by atoms with van der Waals surface area (Å²) in [5.74, 6) is 0.440. The van der Waals surface area contributed by atoms with Crippen molar-refractivity contribution < 1.29 is 9.53 Å². The fourth-order valence-electron chi connectivity index (χ4n) is 2.03. The molecule has 1 atom stereocenters. The summed E-state index contributed by atoms with van der Waals surface area (Å²) >= 11 is 2.48. The number of aryl methyl sites for hydroxylation is 1. The highest BCUT2D eigenvalue weighted by atomic mass is 32.2. The lowest BCUT2D eigenvalue weighted by Gasteiger charge is -2.05. The Labute approximate surface area is 147 Å². The summed E-state index contributed by atoms with van der Waals surface area (Å²) in [6.45, 7) is 5.74. The first-order chi connectivity index (χ1) is 11.4. The molecule has 0 saturated heterocycles. The highest BCUT2D eigenvalue weighted by Crippen LogP contribution is 2.27. The number of aromatic amines is 1. The number of thioether (sulfide) groups is 1. The van der Waals surface area contributed by atoms with E-state index >= 15 is 0 Å². The molecule has 2 heterocycles. The first-order valence-corrected chi connectivity index (χ1v) is 9.24. The number of thiophene rings is 1. The first kappa shape index (κ1) is 18.5. The van der Waals surface area contributed by atoms with Crippen LogP contribution < -0.4 is 11.3 Å². The molecule has 7 nitrogen and oxygen atoms in total. The number of carbonyl (C=O) groups excluding carboxylic acids is 1. The van der Waals surface area contributed by atoms with Crippen LogP contribution in [0.3, 0.4) is 0 Å². The number of aliphatic imine (C=N–C) groups is 1. The normalized spacial score (nSPS) is 13.2. The molecule has 3 N–H and O–H groups in total. The highest BCUT2D eigenvalue weighted by Gasteiger charge is 2.19. The number of nitrogens with two attached hydrogens (primary N) is 1. The first-order valence-electron chi connectivity index (χ1n) is 7.44. The zero-order valence-electron chi connectivity index (χ0n) is 14.0. The molecule has 0 radical (unpaired) electrons. The van der Waals surface area contributed by atoms with Gasteiger partial charge in [0, 0.05) is 6.04 Å². The van der Waals surface area contributed by atoms with Crippen LogP contribution in [0.1, 0.15) is 41.3 Å². The number of hydrogen-bond donors (Lipinski definition) is 2. The number of nitrogens with zero attached hydrogens (tertiary/aromatic N) is 2. The summed E-state index contributed by atoms with van der Waals surface area (Å²) < 4.78 is 4.74. The zero-order valence-corrected chi connectivity index (χ0v) is 15.6. The quantitative estimate of drug-likeness (QED) is 0.476. The van der Waals surface area contributed by atoms with Gasteiger partial charge in [0.05, 0.1) is 18.2 Å². The summed E-state index contributed by atoms with van der Waals surface area (Å²) in [5.41, 5.74) is 6.19. The van der Waals surface area contributed by atoms with E-state index in [1.54, 1.807) is 6.92 Å². The molecule has 24 heavy (non-hydrogen) atoms. The third-order valence-electron chi connectivity index (χ3n) is 3.52. The second kappa shape index (κ2) is 7.80. The molecule has 2 aromatic heterocycles. The van der Waals surface area contributed by atoms with Gasteiger partial charge >= 0.3 is 5.97 Å².